The molecule has 0 saturated heterocycles. The number of aliphatic hydroxyl groups is 1. The van der Waals surface area contributed by atoms with Crippen LogP contribution in [0.15, 0.2) is 48.5 Å². The van der Waals surface area contributed by atoms with Crippen molar-refractivity contribution in [1.29, 1.82) is 0 Å². The van der Waals surface area contributed by atoms with Gasteiger partial charge in [-0.25, -0.2) is 0 Å². The first kappa shape index (κ1) is 15.9. The average Bonchev–Trinajstić information content (AvgIpc) is 3.03. The molecule has 23 heavy (non-hydrogen) atoms. The molecule has 0 spiro atoms. The van der Waals surface area contributed by atoms with E-state index >= 15 is 0 Å². The van der Waals surface area contributed by atoms with Crippen molar-refractivity contribution in [3.05, 3.63) is 64.7 Å². The van der Waals surface area contributed by atoms with Crippen LogP contribution in [0.4, 0.5) is 5.13 Å². The number of nitrogens with one attached hydrogen (secondary N) is 1. The third kappa shape index (κ3) is 4.07. The number of nitrogens with zero attached hydrogens (tertiary/aromatic N) is 2. The van der Waals surface area contributed by atoms with Gasteiger partial charge < -0.3 is 10.4 Å². The lowest BCUT2D eigenvalue weighted by Gasteiger charge is -2.11. The van der Waals surface area contributed by atoms with E-state index in [9.17, 15) is 5.11 Å². The lowest BCUT2D eigenvalue weighted by atomic mass is 10.1. The van der Waals surface area contributed by atoms with Gasteiger partial charge in [-0.2, -0.15) is 0 Å². The Kier molecular flexibility index (Phi) is 4.91. The number of benzene rings is 2. The van der Waals surface area contributed by atoms with Gasteiger partial charge in [0.1, 0.15) is 5.01 Å². The maximum Gasteiger partial charge on any atom is 0.206 e. The Morgan fingerprint density at radius 3 is 2.48 bits per heavy atom. The zero-order valence-electron chi connectivity index (χ0n) is 12.5. The summed E-state index contributed by atoms with van der Waals surface area (Å²) in [6, 6.07) is 15.3. The summed E-state index contributed by atoms with van der Waals surface area (Å²) in [4.78, 5) is 0. The van der Waals surface area contributed by atoms with Crippen LogP contribution in [0.5, 0.6) is 0 Å². The molecule has 1 heterocycles. The molecule has 0 saturated carbocycles. The van der Waals surface area contributed by atoms with Crippen molar-refractivity contribution < 1.29 is 5.11 Å². The first-order chi connectivity index (χ1) is 11.1. The number of hydrogen-bond donors (Lipinski definition) is 2. The number of rotatable bonds is 5. The van der Waals surface area contributed by atoms with E-state index in [1.807, 2.05) is 36.4 Å². The summed E-state index contributed by atoms with van der Waals surface area (Å²) >= 11 is 7.31. The average molecular weight is 346 g/mol. The Morgan fingerprint density at radius 1 is 1.09 bits per heavy atom. The van der Waals surface area contributed by atoms with Crippen LogP contribution in [-0.2, 0) is 0 Å². The van der Waals surface area contributed by atoms with Gasteiger partial charge in [0.05, 0.1) is 6.10 Å². The van der Waals surface area contributed by atoms with Crippen LogP contribution in [-0.4, -0.2) is 21.8 Å². The largest absolute Gasteiger partial charge is 0.387 e. The minimum atomic E-state index is -0.626. The number of aromatic nitrogens is 2. The summed E-state index contributed by atoms with van der Waals surface area (Å²) in [5.74, 6) is 0. The van der Waals surface area contributed by atoms with Crippen LogP contribution in [0.25, 0.3) is 10.6 Å². The Hall–Kier alpha value is -1.95. The summed E-state index contributed by atoms with van der Waals surface area (Å²) in [6.45, 7) is 2.42. The zero-order chi connectivity index (χ0) is 16.2. The van der Waals surface area contributed by atoms with E-state index in [1.165, 1.54) is 16.9 Å². The molecule has 0 aliphatic heterocycles. The number of aliphatic hydroxyl groups excluding tert-OH is 1. The van der Waals surface area contributed by atoms with Gasteiger partial charge >= 0.3 is 0 Å². The number of aryl methyl sites for hydroxylation is 1. The van der Waals surface area contributed by atoms with Gasteiger partial charge in [0, 0.05) is 17.1 Å². The molecule has 1 unspecified atom stereocenters. The van der Waals surface area contributed by atoms with Crippen LogP contribution >= 0.6 is 22.9 Å². The molecule has 4 nitrogen and oxygen atoms in total. The van der Waals surface area contributed by atoms with Crippen LogP contribution in [0.3, 0.4) is 0 Å². The van der Waals surface area contributed by atoms with Crippen molar-refractivity contribution in [2.75, 3.05) is 11.9 Å². The van der Waals surface area contributed by atoms with Crippen LogP contribution in [0.1, 0.15) is 17.2 Å². The van der Waals surface area contributed by atoms with Crippen molar-refractivity contribution in [1.82, 2.24) is 10.2 Å². The highest BCUT2D eigenvalue weighted by Gasteiger charge is 2.10. The lowest BCUT2D eigenvalue weighted by molar-refractivity contribution is 0.191. The fourth-order valence-corrected chi connectivity index (χ4v) is 2.98. The monoisotopic (exact) mass is 345 g/mol. The molecule has 0 bridgehead atoms. The smallest absolute Gasteiger partial charge is 0.206 e. The number of halogens is 1. The maximum absolute atomic E-state index is 10.2. The fourth-order valence-electron chi connectivity index (χ4n) is 2.09. The van der Waals surface area contributed by atoms with Gasteiger partial charge in [0.25, 0.3) is 0 Å². The molecule has 2 N–H and O–H groups in total. The molecule has 2 aromatic carbocycles. The summed E-state index contributed by atoms with van der Waals surface area (Å²) in [6.07, 6.45) is -0.626. The molecule has 6 heteroatoms. The van der Waals surface area contributed by atoms with E-state index in [1.54, 1.807) is 12.1 Å². The fraction of sp³-hybridized carbons (Fsp3) is 0.176. The highest BCUT2D eigenvalue weighted by Crippen LogP contribution is 2.27. The minimum Gasteiger partial charge on any atom is -0.387 e. The predicted molar refractivity (Wildman–Crippen MR) is 95.0 cm³/mol. The molecule has 0 aliphatic rings. The van der Waals surface area contributed by atoms with E-state index in [4.69, 9.17) is 11.6 Å². The van der Waals surface area contributed by atoms with Crippen LogP contribution < -0.4 is 5.32 Å². The Balaban J connectivity index is 1.63. The number of anilines is 1. The Morgan fingerprint density at radius 2 is 1.78 bits per heavy atom. The van der Waals surface area contributed by atoms with Gasteiger partial charge in [0.2, 0.25) is 5.13 Å². The van der Waals surface area contributed by atoms with Gasteiger partial charge in [-0.3, -0.25) is 0 Å². The zero-order valence-corrected chi connectivity index (χ0v) is 14.1. The van der Waals surface area contributed by atoms with Crippen LogP contribution in [0.2, 0.25) is 5.02 Å². The quantitative estimate of drug-likeness (QED) is 0.723. The van der Waals surface area contributed by atoms with Gasteiger partial charge in [-0.1, -0.05) is 64.9 Å². The minimum absolute atomic E-state index is 0.365. The molecule has 3 rings (SSSR count). The highest BCUT2D eigenvalue weighted by atomic mass is 35.5. The van der Waals surface area contributed by atoms with E-state index in [2.05, 4.69) is 22.4 Å². The van der Waals surface area contributed by atoms with Crippen molar-refractivity contribution >= 4 is 28.1 Å². The molecule has 0 radical (unpaired) electrons. The molecular formula is C17H16ClN3OS. The highest BCUT2D eigenvalue weighted by molar-refractivity contribution is 7.18. The summed E-state index contributed by atoms with van der Waals surface area (Å²) < 4.78 is 0. The van der Waals surface area contributed by atoms with Gasteiger partial charge in [-0.05, 0) is 24.6 Å². The predicted octanol–water partition coefficient (Wildman–Crippen LogP) is 4.31. The van der Waals surface area contributed by atoms with Crippen molar-refractivity contribution in [2.24, 2.45) is 0 Å². The molecule has 1 aromatic heterocycles. The molecule has 0 amide bonds. The topological polar surface area (TPSA) is 58.0 Å². The summed E-state index contributed by atoms with van der Waals surface area (Å²) in [7, 11) is 0. The van der Waals surface area contributed by atoms with E-state index < -0.39 is 6.10 Å². The second kappa shape index (κ2) is 7.08. The first-order valence-electron chi connectivity index (χ1n) is 7.20. The van der Waals surface area contributed by atoms with Crippen molar-refractivity contribution in [3.63, 3.8) is 0 Å². The normalized spacial score (nSPS) is 12.1. The Bertz CT molecular complexity index is 771. The van der Waals surface area contributed by atoms with E-state index in [-0.39, 0.29) is 0 Å². The van der Waals surface area contributed by atoms with Crippen LogP contribution in [0, 0.1) is 6.92 Å². The second-order valence-corrected chi connectivity index (χ2v) is 6.64. The molecule has 3 aromatic rings. The first-order valence-corrected chi connectivity index (χ1v) is 8.39. The molecule has 0 aliphatic carbocycles. The lowest BCUT2D eigenvalue weighted by Crippen LogP contribution is -2.11. The molecule has 118 valence electrons. The molecule has 1 atom stereocenters. The Labute approximate surface area is 143 Å². The maximum atomic E-state index is 10.2. The number of hydrogen-bond acceptors (Lipinski definition) is 5. The van der Waals surface area contributed by atoms with Gasteiger partial charge in [-0.15, -0.1) is 10.2 Å². The van der Waals surface area contributed by atoms with Crippen molar-refractivity contribution in [3.8, 4) is 10.6 Å². The third-order valence-electron chi connectivity index (χ3n) is 3.42. The molecular weight excluding hydrogens is 330 g/mol. The van der Waals surface area contributed by atoms with Gasteiger partial charge in [0.15, 0.2) is 0 Å². The summed E-state index contributed by atoms with van der Waals surface area (Å²) in [5.41, 5.74) is 3.06. The summed E-state index contributed by atoms with van der Waals surface area (Å²) in [5, 5.41) is 23.8. The van der Waals surface area contributed by atoms with E-state index in [0.717, 1.165) is 16.1 Å². The SMILES string of the molecule is Cc1ccc(-c2nnc(NCC(O)c3ccc(Cl)cc3)s2)cc1. The second-order valence-electron chi connectivity index (χ2n) is 5.23. The standard InChI is InChI=1S/C17H16ClN3OS/c1-11-2-4-13(5-3-11)16-20-21-17(23-16)19-10-15(22)12-6-8-14(18)9-7-12/h2-9,15,22H,10H2,1H3,(H,19,21). The molecule has 0 fully saturated rings. The van der Waals surface area contributed by atoms with Crippen molar-refractivity contribution in [2.45, 2.75) is 13.0 Å². The van der Waals surface area contributed by atoms with E-state index in [0.29, 0.717) is 16.7 Å². The third-order valence-corrected chi connectivity index (χ3v) is 4.61.